The van der Waals surface area contributed by atoms with Gasteiger partial charge < -0.3 is 20.7 Å². The molecule has 0 heterocycles. The van der Waals surface area contributed by atoms with Gasteiger partial charge in [0.2, 0.25) is 5.91 Å². The van der Waals surface area contributed by atoms with E-state index in [0.717, 1.165) is 18.8 Å². The highest BCUT2D eigenvalue weighted by Gasteiger charge is 2.44. The first-order valence-corrected chi connectivity index (χ1v) is 8.57. The molecule has 0 spiro atoms. The Morgan fingerprint density at radius 3 is 2.36 bits per heavy atom. The summed E-state index contributed by atoms with van der Waals surface area (Å²) < 4.78 is 4.74. The van der Waals surface area contributed by atoms with Crippen molar-refractivity contribution in [1.82, 2.24) is 5.32 Å². The Kier molecular flexibility index (Phi) is 5.33. The largest absolute Gasteiger partial charge is 0.375 e. The maximum absolute atomic E-state index is 12.0. The molecule has 25 heavy (non-hydrogen) atoms. The molecule has 1 aromatic rings. The van der Waals surface area contributed by atoms with Gasteiger partial charge in [0.25, 0.3) is 0 Å². The molecule has 0 bridgehead atoms. The van der Waals surface area contributed by atoms with Gasteiger partial charge in [-0.1, -0.05) is 12.8 Å². The molecule has 3 unspecified atom stereocenters. The van der Waals surface area contributed by atoms with Crippen LogP contribution in [0.3, 0.4) is 0 Å². The van der Waals surface area contributed by atoms with Crippen LogP contribution in [-0.2, 0) is 19.1 Å². The quantitative estimate of drug-likeness (QED) is 0.705. The van der Waals surface area contributed by atoms with E-state index in [1.165, 1.54) is 20.0 Å². The second-order valence-corrected chi connectivity index (χ2v) is 6.68. The van der Waals surface area contributed by atoms with E-state index in [0.29, 0.717) is 17.3 Å². The Balaban J connectivity index is 1.47. The van der Waals surface area contributed by atoms with Gasteiger partial charge >= 0.3 is 11.8 Å². The molecule has 2 saturated carbocycles. The van der Waals surface area contributed by atoms with E-state index in [1.54, 1.807) is 24.3 Å². The molecule has 2 aliphatic carbocycles. The zero-order valence-electron chi connectivity index (χ0n) is 14.2. The van der Waals surface area contributed by atoms with Crippen LogP contribution in [0.2, 0.25) is 0 Å². The average molecular weight is 345 g/mol. The fourth-order valence-electron chi connectivity index (χ4n) is 3.75. The zero-order valence-corrected chi connectivity index (χ0v) is 14.2. The van der Waals surface area contributed by atoms with Gasteiger partial charge in [0, 0.05) is 24.5 Å². The summed E-state index contributed by atoms with van der Waals surface area (Å²) in [6.07, 6.45) is 4.60. The summed E-state index contributed by atoms with van der Waals surface area (Å²) in [6.45, 7) is -0.0261. The van der Waals surface area contributed by atoms with Crippen molar-refractivity contribution in [3.05, 3.63) is 24.3 Å². The minimum atomic E-state index is -0.669. The van der Waals surface area contributed by atoms with Crippen LogP contribution in [-0.4, -0.2) is 37.5 Å². The first-order chi connectivity index (χ1) is 12.1. The molecular formula is C18H23N3O4. The lowest BCUT2D eigenvalue weighted by atomic mass is 9.71. The number of nitrogens with one attached hydrogen (secondary N) is 3. The fourth-order valence-corrected chi connectivity index (χ4v) is 3.75. The standard InChI is InChI=1S/C18H23N3O4/c1-25-10-16(22)19-12-5-7-13(8-6-12)20-17(23)18(24)21-15-9-11-3-2-4-14(11)15/h5-8,11,14-15H,2-4,9-10H2,1H3,(H,19,22)(H,20,23)(H,21,24). The van der Waals surface area contributed by atoms with Crippen molar-refractivity contribution in [2.45, 2.75) is 31.7 Å². The number of hydrogen-bond acceptors (Lipinski definition) is 4. The number of amides is 3. The highest BCUT2D eigenvalue weighted by atomic mass is 16.5. The maximum atomic E-state index is 12.0. The molecule has 0 radical (unpaired) electrons. The first-order valence-electron chi connectivity index (χ1n) is 8.57. The predicted octanol–water partition coefficient (Wildman–Crippen LogP) is 1.51. The summed E-state index contributed by atoms with van der Waals surface area (Å²) in [7, 11) is 1.44. The van der Waals surface area contributed by atoms with Crippen molar-refractivity contribution in [2.24, 2.45) is 11.8 Å². The third-order valence-corrected chi connectivity index (χ3v) is 5.02. The molecule has 3 N–H and O–H groups in total. The van der Waals surface area contributed by atoms with Crippen LogP contribution in [0, 0.1) is 11.8 Å². The van der Waals surface area contributed by atoms with Crippen LogP contribution in [0.1, 0.15) is 25.7 Å². The molecule has 7 heteroatoms. The minimum Gasteiger partial charge on any atom is -0.375 e. The average Bonchev–Trinajstić information content (AvgIpc) is 2.95. The first kappa shape index (κ1) is 17.4. The molecule has 0 saturated heterocycles. The number of benzene rings is 1. The van der Waals surface area contributed by atoms with Gasteiger partial charge in [-0.2, -0.15) is 0 Å². The van der Waals surface area contributed by atoms with Gasteiger partial charge in [-0.3, -0.25) is 14.4 Å². The Hall–Kier alpha value is -2.41. The van der Waals surface area contributed by atoms with E-state index in [9.17, 15) is 14.4 Å². The van der Waals surface area contributed by atoms with Gasteiger partial charge in [-0.15, -0.1) is 0 Å². The van der Waals surface area contributed by atoms with Crippen LogP contribution in [0.5, 0.6) is 0 Å². The van der Waals surface area contributed by atoms with Crippen molar-refractivity contribution in [3.63, 3.8) is 0 Å². The molecule has 3 amide bonds. The number of anilines is 2. The molecule has 7 nitrogen and oxygen atoms in total. The molecule has 3 rings (SSSR count). The second kappa shape index (κ2) is 7.65. The molecular weight excluding hydrogens is 322 g/mol. The predicted molar refractivity (Wildman–Crippen MR) is 93.0 cm³/mol. The highest BCUT2D eigenvalue weighted by molar-refractivity contribution is 6.39. The molecule has 3 atom stereocenters. The third kappa shape index (κ3) is 4.17. The number of carbonyl (C=O) groups is 3. The number of hydrogen-bond donors (Lipinski definition) is 3. The lowest BCUT2D eigenvalue weighted by Crippen LogP contribution is -2.52. The van der Waals surface area contributed by atoms with Crippen molar-refractivity contribution in [1.29, 1.82) is 0 Å². The number of carbonyl (C=O) groups excluding carboxylic acids is 3. The zero-order chi connectivity index (χ0) is 17.8. The van der Waals surface area contributed by atoms with Crippen molar-refractivity contribution in [3.8, 4) is 0 Å². The third-order valence-electron chi connectivity index (χ3n) is 5.02. The molecule has 0 aromatic heterocycles. The van der Waals surface area contributed by atoms with E-state index >= 15 is 0 Å². The van der Waals surface area contributed by atoms with E-state index in [2.05, 4.69) is 16.0 Å². The normalized spacial score (nSPS) is 24.0. The number of fused-ring (bicyclic) bond motifs is 1. The van der Waals surface area contributed by atoms with E-state index in [-0.39, 0.29) is 18.6 Å². The summed E-state index contributed by atoms with van der Waals surface area (Å²) in [5.41, 5.74) is 1.09. The Morgan fingerprint density at radius 2 is 1.72 bits per heavy atom. The van der Waals surface area contributed by atoms with Crippen molar-refractivity contribution < 1.29 is 19.1 Å². The SMILES string of the molecule is COCC(=O)Nc1ccc(NC(=O)C(=O)NC2CC3CCCC32)cc1. The van der Waals surface area contributed by atoms with E-state index in [4.69, 9.17) is 4.74 Å². The highest BCUT2D eigenvalue weighted by Crippen LogP contribution is 2.46. The van der Waals surface area contributed by atoms with Crippen molar-refractivity contribution >= 4 is 29.1 Å². The fraction of sp³-hybridized carbons (Fsp3) is 0.500. The van der Waals surface area contributed by atoms with Gasteiger partial charge in [0.05, 0.1) is 0 Å². The summed E-state index contributed by atoms with van der Waals surface area (Å²) in [6, 6.07) is 6.70. The summed E-state index contributed by atoms with van der Waals surface area (Å²) in [5.74, 6) is -0.240. The van der Waals surface area contributed by atoms with E-state index in [1.807, 2.05) is 0 Å². The van der Waals surface area contributed by atoms with Gasteiger partial charge in [-0.25, -0.2) is 0 Å². The Morgan fingerprint density at radius 1 is 1.04 bits per heavy atom. The number of ether oxygens (including phenoxy) is 1. The van der Waals surface area contributed by atoms with Gasteiger partial charge in [0.1, 0.15) is 6.61 Å². The van der Waals surface area contributed by atoms with Crippen LogP contribution >= 0.6 is 0 Å². The molecule has 2 fully saturated rings. The Labute approximate surface area is 146 Å². The summed E-state index contributed by atoms with van der Waals surface area (Å²) in [5, 5.41) is 8.06. The molecule has 0 aliphatic heterocycles. The summed E-state index contributed by atoms with van der Waals surface area (Å²) >= 11 is 0. The lowest BCUT2D eigenvalue weighted by molar-refractivity contribution is -0.137. The van der Waals surface area contributed by atoms with Crippen LogP contribution in [0.4, 0.5) is 11.4 Å². The monoisotopic (exact) mass is 345 g/mol. The Bertz CT molecular complexity index is 659. The second-order valence-electron chi connectivity index (χ2n) is 6.68. The lowest BCUT2D eigenvalue weighted by Gasteiger charge is -2.40. The van der Waals surface area contributed by atoms with Crippen LogP contribution < -0.4 is 16.0 Å². The van der Waals surface area contributed by atoms with E-state index < -0.39 is 11.8 Å². The minimum absolute atomic E-state index is 0.0261. The summed E-state index contributed by atoms with van der Waals surface area (Å²) in [4.78, 5) is 35.5. The topological polar surface area (TPSA) is 96.5 Å². The number of methoxy groups -OCH3 is 1. The number of rotatable bonds is 5. The van der Waals surface area contributed by atoms with Crippen LogP contribution in [0.15, 0.2) is 24.3 Å². The van der Waals surface area contributed by atoms with Crippen LogP contribution in [0.25, 0.3) is 0 Å². The smallest absolute Gasteiger partial charge is 0.313 e. The maximum Gasteiger partial charge on any atom is 0.313 e. The van der Waals surface area contributed by atoms with Gasteiger partial charge in [0.15, 0.2) is 0 Å². The van der Waals surface area contributed by atoms with Gasteiger partial charge in [-0.05, 0) is 48.9 Å². The van der Waals surface area contributed by atoms with Crippen molar-refractivity contribution in [2.75, 3.05) is 24.4 Å². The molecule has 134 valence electrons. The molecule has 2 aliphatic rings. The molecule has 1 aromatic carbocycles.